The topological polar surface area (TPSA) is 549 Å². The van der Waals surface area contributed by atoms with Crippen LogP contribution in [0.25, 0.3) is 0 Å². The fourth-order valence-electron chi connectivity index (χ4n) is 12.5. The van der Waals surface area contributed by atoms with Crippen LogP contribution < -0.4 is 75.7 Å². The first-order chi connectivity index (χ1) is 49.4. The lowest BCUT2D eigenvalue weighted by Gasteiger charge is -2.35. The van der Waals surface area contributed by atoms with Crippen LogP contribution in [0.1, 0.15) is 124 Å². The van der Waals surface area contributed by atoms with Crippen molar-refractivity contribution in [1.29, 1.82) is 0 Å². The van der Waals surface area contributed by atoms with E-state index >= 15 is 0 Å². The summed E-state index contributed by atoms with van der Waals surface area (Å²) >= 11 is 8.61. The molecule has 16 atom stereocenters. The van der Waals surface area contributed by atoms with Gasteiger partial charge < -0.3 is 106 Å². The zero-order chi connectivity index (χ0) is 77.1. The normalized spacial score (nSPS) is 28.1. The SMILES string of the molecule is CC[C@H](C)[C@@H]1NC(=O)[C@@H]2CCCN2C(=O)[C@@H]2CCCN2C(=O)[C@H]([C@@H](C)CC)NC(=O)[C@H](CO)NC(=O)[C@H](CCCN)NC(=O)[C@H]([C@@H](C)O)NC(=O)[C@H](CS)NC(=O)[C@H](CCCN=C(N)N)NC(=O)CNC(=O)[C@H](CC(=O)O)NC(=O)[C@@H]2CCCN2C(=O)[C@H](Cc2ccccc2)NC(=O)[C@H](CS)NC1=O. The van der Waals surface area contributed by atoms with Crippen LogP contribution >= 0.6 is 25.3 Å². The van der Waals surface area contributed by atoms with Gasteiger partial charge in [-0.25, -0.2) is 0 Å². The Morgan fingerprint density at radius 3 is 1.52 bits per heavy atom. The van der Waals surface area contributed by atoms with Crippen molar-refractivity contribution in [3.63, 3.8) is 0 Å². The van der Waals surface area contributed by atoms with Gasteiger partial charge in [-0.05, 0) is 95.1 Å². The smallest absolute Gasteiger partial charge is 0.305 e. The largest absolute Gasteiger partial charge is 0.481 e. The van der Waals surface area contributed by atoms with Crippen LogP contribution in [0.3, 0.4) is 0 Å². The second-order valence-corrected chi connectivity index (χ2v) is 27.2. The van der Waals surface area contributed by atoms with Crippen LogP contribution in [0, 0.1) is 11.8 Å². The third-order valence-electron chi connectivity index (χ3n) is 18.8. The molecule has 4 aliphatic heterocycles. The molecule has 20 N–H and O–H groups in total. The molecular weight excluding hydrogens is 1400 g/mol. The number of thiol groups is 2. The number of carbonyl (C=O) groups excluding carboxylic acids is 14. The van der Waals surface area contributed by atoms with E-state index in [0.717, 1.165) is 11.8 Å². The number of nitrogens with one attached hydrogen (secondary N) is 11. The molecule has 1 aromatic rings. The lowest BCUT2D eigenvalue weighted by molar-refractivity contribution is -0.149. The molecule has 0 unspecified atom stereocenters. The van der Waals surface area contributed by atoms with E-state index in [9.17, 15) is 87.2 Å². The number of nitrogens with two attached hydrogens (primary N) is 3. The number of aliphatic imine (C=N–C) groups is 1. The summed E-state index contributed by atoms with van der Waals surface area (Å²) in [5.41, 5.74) is 17.3. The van der Waals surface area contributed by atoms with Gasteiger partial charge >= 0.3 is 5.97 Å². The first-order valence-corrected chi connectivity index (χ1v) is 36.4. The summed E-state index contributed by atoms with van der Waals surface area (Å²) in [7, 11) is 0. The molecule has 4 aliphatic rings. The number of hydrogen-bond acceptors (Lipinski definition) is 21. The van der Waals surface area contributed by atoms with E-state index in [-0.39, 0.29) is 102 Å². The van der Waals surface area contributed by atoms with E-state index in [1.807, 2.05) is 0 Å². The van der Waals surface area contributed by atoms with Gasteiger partial charge in [0, 0.05) is 44.1 Å². The van der Waals surface area contributed by atoms with Gasteiger partial charge in [0.25, 0.3) is 0 Å². The van der Waals surface area contributed by atoms with Crippen molar-refractivity contribution < 1.29 is 87.2 Å². The molecule has 5 rings (SSSR count). The molecule has 0 bridgehead atoms. The molecule has 578 valence electrons. The number of aliphatic hydroxyl groups is 2. The number of rotatable bonds is 19. The van der Waals surface area contributed by atoms with Crippen molar-refractivity contribution in [1.82, 2.24) is 73.2 Å². The summed E-state index contributed by atoms with van der Waals surface area (Å²) in [5.74, 6) is -16.8. The number of guanidine groups is 1. The highest BCUT2D eigenvalue weighted by atomic mass is 32.1. The first kappa shape index (κ1) is 85.8. The second kappa shape index (κ2) is 42.2. The average Bonchev–Trinajstić information content (AvgIpc) is 1.62. The molecule has 0 aromatic heterocycles. The molecular formula is C66H104N18O18S2. The van der Waals surface area contributed by atoms with Crippen molar-refractivity contribution in [2.24, 2.45) is 34.0 Å². The Morgan fingerprint density at radius 1 is 0.529 bits per heavy atom. The fourth-order valence-corrected chi connectivity index (χ4v) is 13.0. The zero-order valence-corrected chi connectivity index (χ0v) is 61.1. The highest BCUT2D eigenvalue weighted by molar-refractivity contribution is 7.80. The highest BCUT2D eigenvalue weighted by Crippen LogP contribution is 2.28. The molecule has 4 saturated heterocycles. The number of aliphatic hydroxyl groups excluding tert-OH is 2. The lowest BCUT2D eigenvalue weighted by atomic mass is 9.96. The van der Waals surface area contributed by atoms with Gasteiger partial charge in [-0.3, -0.25) is 76.9 Å². The highest BCUT2D eigenvalue weighted by Gasteiger charge is 2.47. The summed E-state index contributed by atoms with van der Waals surface area (Å²) in [6, 6.07) is -10.8. The van der Waals surface area contributed by atoms with E-state index in [0.29, 0.717) is 31.2 Å². The molecule has 4 heterocycles. The number of fused-ring (bicyclic) bond motifs is 3. The zero-order valence-electron chi connectivity index (χ0n) is 59.3. The van der Waals surface area contributed by atoms with Gasteiger partial charge in [0.15, 0.2) is 5.96 Å². The number of amides is 14. The third kappa shape index (κ3) is 24.6. The van der Waals surface area contributed by atoms with E-state index in [1.54, 1.807) is 58.0 Å². The van der Waals surface area contributed by atoms with Crippen LogP contribution in [0.2, 0.25) is 0 Å². The van der Waals surface area contributed by atoms with Crippen molar-refractivity contribution in [3.8, 4) is 0 Å². The number of benzene rings is 1. The Morgan fingerprint density at radius 2 is 0.971 bits per heavy atom. The number of carboxylic acids is 1. The maximum absolute atomic E-state index is 14.8. The van der Waals surface area contributed by atoms with Gasteiger partial charge in [-0.2, -0.15) is 25.3 Å². The molecule has 0 spiro atoms. The van der Waals surface area contributed by atoms with Gasteiger partial charge in [0.2, 0.25) is 82.7 Å². The minimum Gasteiger partial charge on any atom is -0.481 e. The number of carbonyl (C=O) groups is 15. The average molecular weight is 1500 g/mol. The van der Waals surface area contributed by atoms with Crippen LogP contribution in [-0.4, -0.2) is 267 Å². The van der Waals surface area contributed by atoms with Crippen LogP contribution in [-0.2, 0) is 78.3 Å². The van der Waals surface area contributed by atoms with Gasteiger partial charge in [0.05, 0.1) is 25.7 Å². The van der Waals surface area contributed by atoms with Crippen LogP contribution in [0.5, 0.6) is 0 Å². The second-order valence-electron chi connectivity index (χ2n) is 26.5. The number of nitrogens with zero attached hydrogens (tertiary/aromatic N) is 4. The summed E-state index contributed by atoms with van der Waals surface area (Å²) in [6.45, 7) is 6.08. The van der Waals surface area contributed by atoms with E-state index < -0.39 is 210 Å². The van der Waals surface area contributed by atoms with Gasteiger partial charge in [-0.15, -0.1) is 0 Å². The van der Waals surface area contributed by atoms with Crippen LogP contribution in [0.15, 0.2) is 35.3 Å². The van der Waals surface area contributed by atoms with Gasteiger partial charge in [0.1, 0.15) is 78.5 Å². The Bertz CT molecular complexity index is 3240. The minimum absolute atomic E-state index is 0.0106. The van der Waals surface area contributed by atoms with E-state index in [4.69, 9.17) is 17.2 Å². The number of carboxylic acid groups (broad SMARTS) is 1. The Kier molecular flexibility index (Phi) is 34.8. The van der Waals surface area contributed by atoms with Crippen LogP contribution in [0.4, 0.5) is 0 Å². The maximum atomic E-state index is 14.8. The van der Waals surface area contributed by atoms with E-state index in [2.05, 4.69) is 88.7 Å². The first-order valence-electron chi connectivity index (χ1n) is 35.2. The van der Waals surface area contributed by atoms with Crippen molar-refractivity contribution in [3.05, 3.63) is 35.9 Å². The van der Waals surface area contributed by atoms with Crippen molar-refractivity contribution in [2.75, 3.05) is 57.4 Å². The summed E-state index contributed by atoms with van der Waals surface area (Å²) in [5, 5.41) is 58.9. The minimum atomic E-state index is -1.87. The molecule has 0 aliphatic carbocycles. The molecule has 38 heteroatoms. The molecule has 4 fully saturated rings. The Hall–Kier alpha value is -8.88. The van der Waals surface area contributed by atoms with Crippen molar-refractivity contribution >= 4 is 120 Å². The molecule has 1 aromatic carbocycles. The standard InChI is InChI=1S/C66H104N18O18S2/c1-6-34(3)50-61(98)78-43(32-103)57(94)75-41(28-37-16-9-8-10-17-37)63(100)82-25-13-20-45(82)59(96)74-40(29-49(88)89)53(90)71-30-48(87)72-38(19-12-24-70-66(68)69)54(91)77-44(33-104)58(95)81-52(36(5)86)62(99)73-39(18-11-23-67)55(92)76-42(31-85)56(93)80-51(35(4)7-2)65(102)84-27-15-22-47(84)64(101)83-26-14-21-46(83)60(97)79-50/h8-10,16-17,34-36,38-47,50-52,85-86,103-104H,6-7,11-15,18-33,67H2,1-5H3,(H,71,90)(H,72,87)(H,73,99)(H,74,96)(H,75,94)(H,76,92)(H,77,91)(H,78,98)(H,79,97)(H,80,93)(H,81,95)(H,88,89)(H4,68,69,70)/t34-,35-,36+,38-,39-,40-,41-,42-,43-,44-,45-,46-,47-,50-,51-,52-/m0/s1. The fraction of sp³-hybridized carbons (Fsp3) is 0.667. The number of hydrogen-bond donors (Lipinski definition) is 19. The molecule has 14 amide bonds. The monoisotopic (exact) mass is 1500 g/mol. The summed E-state index contributed by atoms with van der Waals surface area (Å²) in [4.78, 5) is 220. The van der Waals surface area contributed by atoms with E-state index in [1.165, 1.54) is 9.80 Å². The van der Waals surface area contributed by atoms with Gasteiger partial charge in [-0.1, -0.05) is 70.9 Å². The van der Waals surface area contributed by atoms with Crippen molar-refractivity contribution in [2.45, 2.75) is 209 Å². The predicted molar refractivity (Wildman–Crippen MR) is 383 cm³/mol. The molecule has 104 heavy (non-hydrogen) atoms. The third-order valence-corrected chi connectivity index (χ3v) is 19.6. The predicted octanol–water partition coefficient (Wildman–Crippen LogP) is -6.23. The Balaban J connectivity index is 1.53. The molecule has 36 nitrogen and oxygen atoms in total. The summed E-state index contributed by atoms with van der Waals surface area (Å²) in [6.07, 6.45) is -1.22. The number of aliphatic carboxylic acids is 1. The molecule has 0 saturated carbocycles. The maximum Gasteiger partial charge on any atom is 0.305 e. The lowest BCUT2D eigenvalue weighted by Crippen LogP contribution is -2.63. The quantitative estimate of drug-likeness (QED) is 0.0265. The molecule has 0 radical (unpaired) electrons. The Labute approximate surface area is 614 Å². The summed E-state index contributed by atoms with van der Waals surface area (Å²) < 4.78 is 0.